The van der Waals surface area contributed by atoms with E-state index in [0.29, 0.717) is 6.42 Å². The molecule has 4 heteroatoms. The maximum absolute atomic E-state index is 11.9. The van der Waals surface area contributed by atoms with Crippen molar-refractivity contribution in [3.8, 4) is 0 Å². The molecule has 0 spiro atoms. The normalized spacial score (nSPS) is 13.4. The molecule has 0 aliphatic heterocycles. The molecule has 0 fully saturated rings. The molecule has 0 aliphatic rings. The summed E-state index contributed by atoms with van der Waals surface area (Å²) < 4.78 is 10.1. The Morgan fingerprint density at radius 2 is 1.65 bits per heavy atom. The lowest BCUT2D eigenvalue weighted by molar-refractivity contribution is -0.169. The zero-order valence-corrected chi connectivity index (χ0v) is 11.7. The predicted molar refractivity (Wildman–Crippen MR) is 65.4 cm³/mol. The summed E-state index contributed by atoms with van der Waals surface area (Å²) in [7, 11) is 0. The van der Waals surface area contributed by atoms with Crippen molar-refractivity contribution in [1.82, 2.24) is 0 Å². The lowest BCUT2D eigenvalue weighted by Crippen LogP contribution is -2.34. The third kappa shape index (κ3) is 6.97. The molecule has 4 nitrogen and oxygen atoms in total. The molecule has 100 valence electrons. The molecule has 0 aromatic rings. The molecule has 0 radical (unpaired) electrons. The van der Waals surface area contributed by atoms with E-state index in [1.54, 1.807) is 27.7 Å². The monoisotopic (exact) mass is 244 g/mol. The van der Waals surface area contributed by atoms with Gasteiger partial charge in [-0.3, -0.25) is 9.59 Å². The molecule has 0 heterocycles. The van der Waals surface area contributed by atoms with Gasteiger partial charge in [0.25, 0.3) is 0 Å². The Morgan fingerprint density at radius 3 is 2.00 bits per heavy atom. The number of esters is 2. The quantitative estimate of drug-likeness (QED) is 0.551. The fourth-order valence-electron chi connectivity index (χ4n) is 1.38. The van der Waals surface area contributed by atoms with Crippen LogP contribution in [0.3, 0.4) is 0 Å². The molecule has 1 atom stereocenters. The lowest BCUT2D eigenvalue weighted by atomic mass is 9.97. The molecule has 1 unspecified atom stereocenters. The molecule has 0 saturated heterocycles. The van der Waals surface area contributed by atoms with Crippen LogP contribution in [0.1, 0.15) is 48.0 Å². The molecule has 0 N–H and O–H groups in total. The van der Waals surface area contributed by atoms with Crippen molar-refractivity contribution in [2.75, 3.05) is 6.61 Å². The number of carbonyl (C=O) groups excluding carboxylic acids is 2. The smallest absolute Gasteiger partial charge is 0.320 e. The highest BCUT2D eigenvalue weighted by atomic mass is 16.6. The van der Waals surface area contributed by atoms with Crippen LogP contribution in [0.25, 0.3) is 0 Å². The van der Waals surface area contributed by atoms with Crippen LogP contribution in [0.4, 0.5) is 0 Å². The van der Waals surface area contributed by atoms with Crippen molar-refractivity contribution in [1.29, 1.82) is 0 Å². The largest absolute Gasteiger partial charge is 0.465 e. The van der Waals surface area contributed by atoms with Gasteiger partial charge >= 0.3 is 11.9 Å². The highest BCUT2D eigenvalue weighted by Crippen LogP contribution is 2.19. The minimum atomic E-state index is -0.811. The van der Waals surface area contributed by atoms with Crippen LogP contribution in [-0.4, -0.2) is 24.1 Å². The minimum Gasteiger partial charge on any atom is -0.465 e. The van der Waals surface area contributed by atoms with Crippen LogP contribution < -0.4 is 0 Å². The van der Waals surface area contributed by atoms with Crippen molar-refractivity contribution in [3.63, 3.8) is 0 Å². The van der Waals surface area contributed by atoms with Crippen molar-refractivity contribution < 1.29 is 19.1 Å². The van der Waals surface area contributed by atoms with Gasteiger partial charge < -0.3 is 9.47 Å². The average molecular weight is 244 g/mol. The fourth-order valence-corrected chi connectivity index (χ4v) is 1.38. The molecule has 0 rings (SSSR count). The first-order chi connectivity index (χ1) is 7.67. The SMILES string of the molecule is CCOC(=O)C(CC(C)C)C(=O)OC(C)(C)C. The zero-order valence-electron chi connectivity index (χ0n) is 11.7. The van der Waals surface area contributed by atoms with Crippen LogP contribution >= 0.6 is 0 Å². The molecule has 0 saturated carbocycles. The Labute approximate surface area is 104 Å². The summed E-state index contributed by atoms with van der Waals surface area (Å²) >= 11 is 0. The summed E-state index contributed by atoms with van der Waals surface area (Å²) in [4.78, 5) is 23.6. The van der Waals surface area contributed by atoms with Crippen LogP contribution in [-0.2, 0) is 19.1 Å². The van der Waals surface area contributed by atoms with Gasteiger partial charge in [-0.2, -0.15) is 0 Å². The Balaban J connectivity index is 4.67. The number of ether oxygens (including phenoxy) is 2. The van der Waals surface area contributed by atoms with Crippen LogP contribution in [0.2, 0.25) is 0 Å². The molecule has 0 bridgehead atoms. The third-order valence-electron chi connectivity index (χ3n) is 1.97. The van der Waals surface area contributed by atoms with E-state index in [0.717, 1.165) is 0 Å². The summed E-state index contributed by atoms with van der Waals surface area (Å²) in [6, 6.07) is 0. The second-order valence-electron chi connectivity index (χ2n) is 5.47. The summed E-state index contributed by atoms with van der Waals surface area (Å²) in [6.07, 6.45) is 0.452. The predicted octanol–water partition coefficient (Wildman–Crippen LogP) is 2.55. The average Bonchev–Trinajstić information content (AvgIpc) is 2.11. The third-order valence-corrected chi connectivity index (χ3v) is 1.97. The van der Waals surface area contributed by atoms with E-state index >= 15 is 0 Å². The van der Waals surface area contributed by atoms with Crippen molar-refractivity contribution in [2.24, 2.45) is 11.8 Å². The van der Waals surface area contributed by atoms with E-state index < -0.39 is 23.5 Å². The van der Waals surface area contributed by atoms with Gasteiger partial charge in [0.2, 0.25) is 0 Å². The van der Waals surface area contributed by atoms with Crippen LogP contribution in [0.5, 0.6) is 0 Å². The molecular weight excluding hydrogens is 220 g/mol. The van der Waals surface area contributed by atoms with Gasteiger partial charge in [0.05, 0.1) is 6.61 Å². The molecule has 0 amide bonds. The number of hydrogen-bond acceptors (Lipinski definition) is 4. The molecule has 17 heavy (non-hydrogen) atoms. The van der Waals surface area contributed by atoms with Crippen molar-refractivity contribution >= 4 is 11.9 Å². The van der Waals surface area contributed by atoms with E-state index in [1.165, 1.54) is 0 Å². The molecule has 0 aromatic heterocycles. The van der Waals surface area contributed by atoms with Gasteiger partial charge in [-0.15, -0.1) is 0 Å². The van der Waals surface area contributed by atoms with Gasteiger partial charge in [0, 0.05) is 0 Å². The van der Waals surface area contributed by atoms with Gasteiger partial charge in [-0.05, 0) is 40.0 Å². The first-order valence-electron chi connectivity index (χ1n) is 6.06. The first-order valence-corrected chi connectivity index (χ1v) is 6.06. The zero-order chi connectivity index (χ0) is 13.6. The highest BCUT2D eigenvalue weighted by molar-refractivity contribution is 5.95. The van der Waals surface area contributed by atoms with E-state index in [9.17, 15) is 9.59 Å². The van der Waals surface area contributed by atoms with Crippen LogP contribution in [0, 0.1) is 11.8 Å². The number of rotatable bonds is 5. The standard InChI is InChI=1S/C13H24O4/c1-7-16-11(14)10(8-9(2)3)12(15)17-13(4,5)6/h9-10H,7-8H2,1-6H3. The van der Waals surface area contributed by atoms with Gasteiger partial charge in [-0.1, -0.05) is 13.8 Å². The maximum atomic E-state index is 11.9. The number of carbonyl (C=O) groups is 2. The topological polar surface area (TPSA) is 52.6 Å². The van der Waals surface area contributed by atoms with Gasteiger partial charge in [-0.25, -0.2) is 0 Å². The molecular formula is C13H24O4. The summed E-state index contributed by atoms with van der Waals surface area (Å²) in [5.41, 5.74) is -0.585. The maximum Gasteiger partial charge on any atom is 0.320 e. The van der Waals surface area contributed by atoms with Crippen molar-refractivity contribution in [2.45, 2.75) is 53.6 Å². The highest BCUT2D eigenvalue weighted by Gasteiger charge is 2.32. The Bertz CT molecular complexity index is 263. The second-order valence-corrected chi connectivity index (χ2v) is 5.47. The first kappa shape index (κ1) is 15.9. The second kappa shape index (κ2) is 6.62. The lowest BCUT2D eigenvalue weighted by Gasteiger charge is -2.23. The summed E-state index contributed by atoms with van der Waals surface area (Å²) in [6.45, 7) is 11.2. The van der Waals surface area contributed by atoms with E-state index in [2.05, 4.69) is 0 Å². The van der Waals surface area contributed by atoms with E-state index in [1.807, 2.05) is 13.8 Å². The molecule has 0 aromatic carbocycles. The fraction of sp³-hybridized carbons (Fsp3) is 0.846. The van der Waals surface area contributed by atoms with Gasteiger partial charge in [0.15, 0.2) is 5.92 Å². The van der Waals surface area contributed by atoms with Gasteiger partial charge in [0.1, 0.15) is 5.60 Å². The summed E-state index contributed by atoms with van der Waals surface area (Å²) in [5, 5.41) is 0. The van der Waals surface area contributed by atoms with E-state index in [-0.39, 0.29) is 12.5 Å². The Kier molecular flexibility index (Phi) is 6.21. The molecule has 0 aliphatic carbocycles. The Morgan fingerprint density at radius 1 is 1.12 bits per heavy atom. The Hall–Kier alpha value is -1.06. The van der Waals surface area contributed by atoms with Crippen molar-refractivity contribution in [3.05, 3.63) is 0 Å². The number of hydrogen-bond donors (Lipinski definition) is 0. The van der Waals surface area contributed by atoms with E-state index in [4.69, 9.17) is 9.47 Å². The summed E-state index contributed by atoms with van der Waals surface area (Å²) in [5.74, 6) is -1.56. The minimum absolute atomic E-state index is 0.233. The van der Waals surface area contributed by atoms with Crippen LogP contribution in [0.15, 0.2) is 0 Å².